The summed E-state index contributed by atoms with van der Waals surface area (Å²) in [5.74, 6) is -0.0964. The molecule has 2 unspecified atom stereocenters. The van der Waals surface area contributed by atoms with Crippen LogP contribution in [0.4, 0.5) is 4.39 Å². The fourth-order valence-electron chi connectivity index (χ4n) is 3.20. The second-order valence-electron chi connectivity index (χ2n) is 5.53. The van der Waals surface area contributed by atoms with E-state index in [2.05, 4.69) is 0 Å². The number of halogens is 1. The molecule has 21 heavy (non-hydrogen) atoms. The van der Waals surface area contributed by atoms with Gasteiger partial charge in [-0.05, 0) is 23.3 Å². The lowest BCUT2D eigenvalue weighted by Crippen LogP contribution is -2.24. The van der Waals surface area contributed by atoms with Gasteiger partial charge in [0.15, 0.2) is 11.4 Å². The Bertz CT molecular complexity index is 842. The predicted molar refractivity (Wildman–Crippen MR) is 77.2 cm³/mol. The maximum absolute atomic E-state index is 13.8. The molecule has 2 aromatic carbocycles. The van der Waals surface area contributed by atoms with Gasteiger partial charge in [-0.3, -0.25) is 0 Å². The standard InChI is InChI=1S/C17H14FNO2/c18-13-7-3-4-10-8-15(21-16(10)13)17(20)9-14(19)11-5-1-2-6-12(11)17/h1-8,14,20H,9,19H2. The van der Waals surface area contributed by atoms with E-state index in [4.69, 9.17) is 10.2 Å². The van der Waals surface area contributed by atoms with Crippen molar-refractivity contribution in [3.8, 4) is 0 Å². The highest BCUT2D eigenvalue weighted by Crippen LogP contribution is 2.47. The highest BCUT2D eigenvalue weighted by molar-refractivity contribution is 5.79. The average molecular weight is 283 g/mol. The SMILES string of the molecule is NC1CC(O)(c2cc3cccc(F)c3o2)c2ccccc21. The molecule has 0 amide bonds. The normalized spacial score (nSPS) is 24.4. The van der Waals surface area contributed by atoms with E-state index >= 15 is 0 Å². The number of nitrogens with two attached hydrogens (primary N) is 1. The van der Waals surface area contributed by atoms with Crippen molar-refractivity contribution in [3.63, 3.8) is 0 Å². The Morgan fingerprint density at radius 2 is 2.00 bits per heavy atom. The molecule has 1 aliphatic rings. The van der Waals surface area contributed by atoms with Gasteiger partial charge in [0.05, 0.1) is 0 Å². The fraction of sp³-hybridized carbons (Fsp3) is 0.176. The van der Waals surface area contributed by atoms with E-state index in [1.165, 1.54) is 6.07 Å². The zero-order chi connectivity index (χ0) is 14.6. The summed E-state index contributed by atoms with van der Waals surface area (Å²) in [6.45, 7) is 0. The van der Waals surface area contributed by atoms with Crippen molar-refractivity contribution in [1.29, 1.82) is 0 Å². The summed E-state index contributed by atoms with van der Waals surface area (Å²) in [6.07, 6.45) is 0.327. The van der Waals surface area contributed by atoms with E-state index in [0.29, 0.717) is 17.6 Å². The van der Waals surface area contributed by atoms with Crippen LogP contribution in [0.15, 0.2) is 52.9 Å². The number of hydrogen-bond acceptors (Lipinski definition) is 3. The maximum Gasteiger partial charge on any atom is 0.170 e. The molecule has 3 nitrogen and oxygen atoms in total. The topological polar surface area (TPSA) is 59.4 Å². The van der Waals surface area contributed by atoms with E-state index in [1.807, 2.05) is 24.3 Å². The Kier molecular flexibility index (Phi) is 2.49. The molecular weight excluding hydrogens is 269 g/mol. The minimum absolute atomic E-state index is 0.166. The molecule has 0 bridgehead atoms. The minimum atomic E-state index is -1.30. The number of furan rings is 1. The lowest BCUT2D eigenvalue weighted by atomic mass is 9.93. The van der Waals surface area contributed by atoms with Crippen LogP contribution in [0.25, 0.3) is 11.0 Å². The van der Waals surface area contributed by atoms with Crippen molar-refractivity contribution in [3.05, 3.63) is 71.2 Å². The maximum atomic E-state index is 13.8. The molecule has 0 radical (unpaired) electrons. The molecule has 3 aromatic rings. The smallest absolute Gasteiger partial charge is 0.170 e. The first-order chi connectivity index (χ1) is 10.1. The van der Waals surface area contributed by atoms with E-state index in [-0.39, 0.29) is 11.6 Å². The molecule has 3 N–H and O–H groups in total. The molecule has 4 heteroatoms. The van der Waals surface area contributed by atoms with Crippen molar-refractivity contribution >= 4 is 11.0 Å². The number of fused-ring (bicyclic) bond motifs is 2. The number of para-hydroxylation sites is 1. The highest BCUT2D eigenvalue weighted by atomic mass is 19.1. The van der Waals surface area contributed by atoms with Gasteiger partial charge in [-0.15, -0.1) is 0 Å². The molecule has 0 spiro atoms. The van der Waals surface area contributed by atoms with Crippen LogP contribution in [0.3, 0.4) is 0 Å². The molecular formula is C17H14FNO2. The van der Waals surface area contributed by atoms with Gasteiger partial charge in [0.2, 0.25) is 0 Å². The van der Waals surface area contributed by atoms with Crippen LogP contribution < -0.4 is 5.73 Å². The van der Waals surface area contributed by atoms with Gasteiger partial charge in [-0.2, -0.15) is 0 Å². The van der Waals surface area contributed by atoms with Crippen molar-refractivity contribution < 1.29 is 13.9 Å². The summed E-state index contributed by atoms with van der Waals surface area (Å²) < 4.78 is 19.4. The number of aliphatic hydroxyl groups is 1. The summed E-state index contributed by atoms with van der Waals surface area (Å²) in [7, 11) is 0. The zero-order valence-corrected chi connectivity index (χ0v) is 11.2. The van der Waals surface area contributed by atoms with Crippen LogP contribution in [0, 0.1) is 5.82 Å². The zero-order valence-electron chi connectivity index (χ0n) is 11.2. The first-order valence-corrected chi connectivity index (χ1v) is 6.85. The minimum Gasteiger partial charge on any atom is -0.455 e. The molecule has 1 aromatic heterocycles. The second kappa shape index (κ2) is 4.16. The molecule has 0 saturated heterocycles. The number of rotatable bonds is 1. The Morgan fingerprint density at radius 3 is 2.81 bits per heavy atom. The highest BCUT2D eigenvalue weighted by Gasteiger charge is 2.44. The third kappa shape index (κ3) is 1.66. The molecule has 0 saturated carbocycles. The van der Waals surface area contributed by atoms with Crippen molar-refractivity contribution in [2.24, 2.45) is 5.73 Å². The molecule has 0 aliphatic heterocycles. The molecule has 1 heterocycles. The number of benzene rings is 2. The largest absolute Gasteiger partial charge is 0.455 e. The summed E-state index contributed by atoms with van der Waals surface area (Å²) in [5, 5.41) is 11.7. The Hall–Kier alpha value is -2.17. The summed E-state index contributed by atoms with van der Waals surface area (Å²) >= 11 is 0. The van der Waals surface area contributed by atoms with Gasteiger partial charge >= 0.3 is 0 Å². The van der Waals surface area contributed by atoms with Crippen LogP contribution >= 0.6 is 0 Å². The Balaban J connectivity index is 1.94. The lowest BCUT2D eigenvalue weighted by Gasteiger charge is -2.21. The van der Waals surface area contributed by atoms with Gasteiger partial charge in [0.25, 0.3) is 0 Å². The molecule has 2 atom stereocenters. The van der Waals surface area contributed by atoms with Crippen molar-refractivity contribution in [1.82, 2.24) is 0 Å². The van der Waals surface area contributed by atoms with Crippen LogP contribution in [-0.4, -0.2) is 5.11 Å². The average Bonchev–Trinajstić information content (AvgIpc) is 3.02. The summed E-state index contributed by atoms with van der Waals surface area (Å²) in [6, 6.07) is 13.6. The third-order valence-corrected chi connectivity index (χ3v) is 4.22. The molecule has 106 valence electrons. The van der Waals surface area contributed by atoms with Gasteiger partial charge in [0.1, 0.15) is 11.4 Å². The predicted octanol–water partition coefficient (Wildman–Crippen LogP) is 3.21. The van der Waals surface area contributed by atoms with Gasteiger partial charge in [-0.25, -0.2) is 4.39 Å². The summed E-state index contributed by atoms with van der Waals surface area (Å²) in [5.41, 5.74) is 6.61. The monoisotopic (exact) mass is 283 g/mol. The van der Waals surface area contributed by atoms with Crippen molar-refractivity contribution in [2.75, 3.05) is 0 Å². The summed E-state index contributed by atoms with van der Waals surface area (Å²) in [4.78, 5) is 0. The molecule has 1 aliphatic carbocycles. The Labute approximate surface area is 120 Å². The van der Waals surface area contributed by atoms with E-state index in [9.17, 15) is 9.50 Å². The molecule has 0 fully saturated rings. The Morgan fingerprint density at radius 1 is 1.19 bits per heavy atom. The van der Waals surface area contributed by atoms with E-state index < -0.39 is 11.4 Å². The van der Waals surface area contributed by atoms with Gasteiger partial charge in [0, 0.05) is 17.8 Å². The third-order valence-electron chi connectivity index (χ3n) is 4.22. The van der Waals surface area contributed by atoms with E-state index in [0.717, 1.165) is 11.1 Å². The van der Waals surface area contributed by atoms with Gasteiger partial charge < -0.3 is 15.3 Å². The second-order valence-corrected chi connectivity index (χ2v) is 5.53. The van der Waals surface area contributed by atoms with Crippen LogP contribution in [-0.2, 0) is 5.60 Å². The number of hydrogen-bond donors (Lipinski definition) is 2. The quantitative estimate of drug-likeness (QED) is 0.721. The van der Waals surface area contributed by atoms with Crippen LogP contribution in [0.2, 0.25) is 0 Å². The van der Waals surface area contributed by atoms with E-state index in [1.54, 1.807) is 18.2 Å². The van der Waals surface area contributed by atoms with Crippen molar-refractivity contribution in [2.45, 2.75) is 18.1 Å². The fourth-order valence-corrected chi connectivity index (χ4v) is 3.20. The molecule has 4 rings (SSSR count). The first kappa shape index (κ1) is 12.6. The first-order valence-electron chi connectivity index (χ1n) is 6.85. The van der Waals surface area contributed by atoms with Gasteiger partial charge in [-0.1, -0.05) is 36.4 Å². The van der Waals surface area contributed by atoms with Crippen LogP contribution in [0.1, 0.15) is 29.3 Å². The lowest BCUT2D eigenvalue weighted by molar-refractivity contribution is 0.0555. The van der Waals surface area contributed by atoms with Crippen LogP contribution in [0.5, 0.6) is 0 Å².